The van der Waals surface area contributed by atoms with E-state index in [4.69, 9.17) is 4.74 Å². The first-order valence-electron chi connectivity index (χ1n) is 7.59. The number of phenols is 2. The number of nitrogens with one attached hydrogen (secondary N) is 1. The minimum absolute atomic E-state index is 0.0310. The van der Waals surface area contributed by atoms with Crippen molar-refractivity contribution in [2.45, 2.75) is 0 Å². The number of benzene rings is 2. The number of imide groups is 2. The number of anilines is 1. The molecular formula is C18H13BrN2O6. The number of amides is 4. The number of rotatable bonds is 3. The first-order chi connectivity index (χ1) is 12.8. The van der Waals surface area contributed by atoms with Crippen molar-refractivity contribution >= 4 is 45.5 Å². The van der Waals surface area contributed by atoms with Crippen LogP contribution in [-0.2, 0) is 9.59 Å². The van der Waals surface area contributed by atoms with Gasteiger partial charge in [-0.15, -0.1) is 0 Å². The highest BCUT2D eigenvalue weighted by molar-refractivity contribution is 9.10. The molecule has 0 bridgehead atoms. The maximum absolute atomic E-state index is 12.8. The van der Waals surface area contributed by atoms with Crippen LogP contribution in [0.3, 0.4) is 0 Å². The average molecular weight is 433 g/mol. The molecule has 0 radical (unpaired) electrons. The highest BCUT2D eigenvalue weighted by Gasteiger charge is 2.36. The number of ether oxygens (including phenoxy) is 1. The predicted octanol–water partition coefficient (Wildman–Crippen LogP) is 2.54. The number of phenolic OH excluding ortho intramolecular Hbond substituents is 2. The number of barbiturate groups is 1. The van der Waals surface area contributed by atoms with Crippen molar-refractivity contribution in [3.8, 4) is 17.2 Å². The molecule has 8 nitrogen and oxygen atoms in total. The second-order valence-corrected chi connectivity index (χ2v) is 6.38. The molecule has 2 aromatic rings. The summed E-state index contributed by atoms with van der Waals surface area (Å²) in [5, 5.41) is 21.3. The number of aromatic hydroxyl groups is 2. The van der Waals surface area contributed by atoms with Gasteiger partial charge < -0.3 is 14.9 Å². The molecule has 1 aliphatic heterocycles. The number of carbonyl (C=O) groups is 3. The third-order valence-electron chi connectivity index (χ3n) is 3.79. The lowest BCUT2D eigenvalue weighted by Gasteiger charge is -2.26. The Labute approximate surface area is 161 Å². The number of hydrogen-bond donors (Lipinski definition) is 3. The van der Waals surface area contributed by atoms with E-state index in [2.05, 4.69) is 21.2 Å². The van der Waals surface area contributed by atoms with Gasteiger partial charge in [-0.1, -0.05) is 0 Å². The first-order valence-corrected chi connectivity index (χ1v) is 8.38. The molecule has 0 aliphatic carbocycles. The lowest BCUT2D eigenvalue weighted by Crippen LogP contribution is -2.54. The Morgan fingerprint density at radius 3 is 2.41 bits per heavy atom. The van der Waals surface area contributed by atoms with Crippen LogP contribution in [0.1, 0.15) is 5.56 Å². The number of carbonyl (C=O) groups excluding carboxylic acids is 3. The molecule has 1 fully saturated rings. The van der Waals surface area contributed by atoms with Crippen molar-refractivity contribution in [1.29, 1.82) is 0 Å². The number of methoxy groups -OCH3 is 1. The molecular weight excluding hydrogens is 420 g/mol. The van der Waals surface area contributed by atoms with Crippen LogP contribution in [0, 0.1) is 0 Å². The van der Waals surface area contributed by atoms with E-state index < -0.39 is 17.8 Å². The van der Waals surface area contributed by atoms with Gasteiger partial charge in [0.15, 0.2) is 11.5 Å². The van der Waals surface area contributed by atoms with Gasteiger partial charge in [0.1, 0.15) is 11.3 Å². The topological polar surface area (TPSA) is 116 Å². The Hall–Kier alpha value is -3.33. The van der Waals surface area contributed by atoms with Crippen LogP contribution in [0.2, 0.25) is 0 Å². The summed E-state index contributed by atoms with van der Waals surface area (Å²) in [6.45, 7) is 0. The molecule has 0 aromatic heterocycles. The number of nitrogens with zero attached hydrogens (tertiary/aromatic N) is 1. The van der Waals surface area contributed by atoms with Gasteiger partial charge >= 0.3 is 6.03 Å². The fourth-order valence-electron chi connectivity index (χ4n) is 2.49. The van der Waals surface area contributed by atoms with Gasteiger partial charge in [0.25, 0.3) is 11.8 Å². The first kappa shape index (κ1) is 18.5. The molecule has 0 saturated carbocycles. The summed E-state index contributed by atoms with van der Waals surface area (Å²) in [5.41, 5.74) is 0.315. The van der Waals surface area contributed by atoms with Gasteiger partial charge in [-0.25, -0.2) is 9.69 Å². The summed E-state index contributed by atoms with van der Waals surface area (Å²) in [6.07, 6.45) is 1.28. The van der Waals surface area contributed by atoms with Crippen LogP contribution < -0.4 is 15.0 Å². The molecule has 3 N–H and O–H groups in total. The maximum atomic E-state index is 12.8. The summed E-state index contributed by atoms with van der Waals surface area (Å²) >= 11 is 3.16. The van der Waals surface area contributed by atoms with Crippen LogP contribution in [-0.4, -0.2) is 35.2 Å². The minimum atomic E-state index is -0.891. The van der Waals surface area contributed by atoms with E-state index in [0.29, 0.717) is 10.0 Å². The summed E-state index contributed by atoms with van der Waals surface area (Å²) in [5.74, 6) is -1.68. The van der Waals surface area contributed by atoms with Crippen LogP contribution in [0.25, 0.3) is 6.08 Å². The molecule has 138 valence electrons. The minimum Gasteiger partial charge on any atom is -0.508 e. The Morgan fingerprint density at radius 1 is 1.11 bits per heavy atom. The molecule has 0 atom stereocenters. The molecule has 1 saturated heterocycles. The van der Waals surface area contributed by atoms with Crippen molar-refractivity contribution in [1.82, 2.24) is 5.32 Å². The van der Waals surface area contributed by atoms with Crippen LogP contribution >= 0.6 is 15.9 Å². The molecule has 1 aliphatic rings. The lowest BCUT2D eigenvalue weighted by atomic mass is 10.1. The SMILES string of the molecule is COc1cc(/C=C2\C(=O)NC(=O)N(c3ccc(O)cc3)C2=O)cc(Br)c1O. The monoisotopic (exact) mass is 432 g/mol. The molecule has 4 amide bonds. The normalized spacial score (nSPS) is 15.9. The van der Waals surface area contributed by atoms with Gasteiger partial charge in [-0.2, -0.15) is 0 Å². The Kier molecular flexibility index (Phi) is 4.87. The molecule has 3 rings (SSSR count). The van der Waals surface area contributed by atoms with Gasteiger partial charge in [-0.05, 0) is 64.0 Å². The molecule has 0 unspecified atom stereocenters. The molecule has 0 spiro atoms. The Balaban J connectivity index is 2.04. The van der Waals surface area contributed by atoms with E-state index in [0.717, 1.165) is 4.90 Å². The summed E-state index contributed by atoms with van der Waals surface area (Å²) in [4.78, 5) is 37.9. The van der Waals surface area contributed by atoms with Gasteiger partial charge in [-0.3, -0.25) is 14.9 Å². The number of halogens is 1. The van der Waals surface area contributed by atoms with Crippen molar-refractivity contribution in [2.75, 3.05) is 12.0 Å². The smallest absolute Gasteiger partial charge is 0.335 e. The highest BCUT2D eigenvalue weighted by Crippen LogP contribution is 2.36. The molecule has 2 aromatic carbocycles. The van der Waals surface area contributed by atoms with Gasteiger partial charge in [0, 0.05) is 0 Å². The largest absolute Gasteiger partial charge is 0.508 e. The standard InChI is InChI=1S/C18H13BrN2O6/c1-27-14-8-9(7-13(19)15(14)23)6-12-16(24)20-18(26)21(17(12)25)10-2-4-11(22)5-3-10/h2-8,22-23H,1H3,(H,20,24,26)/b12-6+. The van der Waals surface area contributed by atoms with Crippen molar-refractivity contribution < 1.29 is 29.3 Å². The van der Waals surface area contributed by atoms with Gasteiger partial charge in [0.2, 0.25) is 0 Å². The van der Waals surface area contributed by atoms with Crippen molar-refractivity contribution in [2.24, 2.45) is 0 Å². The van der Waals surface area contributed by atoms with Crippen LogP contribution in [0.5, 0.6) is 17.2 Å². The Bertz CT molecular complexity index is 984. The zero-order valence-electron chi connectivity index (χ0n) is 13.9. The number of urea groups is 1. The van der Waals surface area contributed by atoms with E-state index in [-0.39, 0.29) is 28.5 Å². The van der Waals surface area contributed by atoms with E-state index >= 15 is 0 Å². The molecule has 1 heterocycles. The third kappa shape index (κ3) is 3.49. The highest BCUT2D eigenvalue weighted by atomic mass is 79.9. The molecule has 9 heteroatoms. The summed E-state index contributed by atoms with van der Waals surface area (Å²) in [6, 6.07) is 7.43. The molecule has 27 heavy (non-hydrogen) atoms. The summed E-state index contributed by atoms with van der Waals surface area (Å²) < 4.78 is 5.35. The van der Waals surface area contributed by atoms with Crippen molar-refractivity contribution in [3.63, 3.8) is 0 Å². The third-order valence-corrected chi connectivity index (χ3v) is 4.40. The zero-order valence-corrected chi connectivity index (χ0v) is 15.5. The Morgan fingerprint density at radius 2 is 1.78 bits per heavy atom. The van der Waals surface area contributed by atoms with Crippen LogP contribution in [0.4, 0.5) is 10.5 Å². The predicted molar refractivity (Wildman–Crippen MR) is 99.5 cm³/mol. The quantitative estimate of drug-likeness (QED) is 0.506. The van der Waals surface area contributed by atoms with Crippen molar-refractivity contribution in [3.05, 3.63) is 52.0 Å². The zero-order chi connectivity index (χ0) is 19.7. The fraction of sp³-hybridized carbons (Fsp3) is 0.0556. The fourth-order valence-corrected chi connectivity index (χ4v) is 2.95. The maximum Gasteiger partial charge on any atom is 0.335 e. The van der Waals surface area contributed by atoms with E-state index in [9.17, 15) is 24.6 Å². The van der Waals surface area contributed by atoms with E-state index in [1.165, 1.54) is 49.6 Å². The summed E-state index contributed by atoms with van der Waals surface area (Å²) in [7, 11) is 1.36. The lowest BCUT2D eigenvalue weighted by molar-refractivity contribution is -0.122. The van der Waals surface area contributed by atoms with Gasteiger partial charge in [0.05, 0.1) is 17.3 Å². The van der Waals surface area contributed by atoms with E-state index in [1.807, 2.05) is 0 Å². The average Bonchev–Trinajstić information content (AvgIpc) is 2.62. The number of hydrogen-bond acceptors (Lipinski definition) is 6. The van der Waals surface area contributed by atoms with Crippen LogP contribution in [0.15, 0.2) is 46.4 Å². The second-order valence-electron chi connectivity index (χ2n) is 5.53. The van der Waals surface area contributed by atoms with E-state index in [1.54, 1.807) is 0 Å². The second kappa shape index (κ2) is 7.12.